The maximum Gasteiger partial charge on any atom is 0.305 e. The van der Waals surface area contributed by atoms with Crippen molar-refractivity contribution in [2.45, 2.75) is 33.6 Å². The highest BCUT2D eigenvalue weighted by Crippen LogP contribution is 2.11. The predicted octanol–water partition coefficient (Wildman–Crippen LogP) is 4.23. The molecule has 146 valence electrons. The summed E-state index contributed by atoms with van der Waals surface area (Å²) in [6, 6.07) is 16.7. The third-order valence-electron chi connectivity index (χ3n) is 4.91. The Hall–Kier alpha value is -1.91. The molecule has 0 saturated heterocycles. The Morgan fingerprint density at radius 1 is 0.885 bits per heavy atom. The van der Waals surface area contributed by atoms with Crippen LogP contribution in [0.1, 0.15) is 33.6 Å². The molecule has 0 aromatic heterocycles. The number of quaternary nitrogens is 1. The van der Waals surface area contributed by atoms with E-state index < -0.39 is 0 Å². The first-order valence-corrected chi connectivity index (χ1v) is 9.54. The van der Waals surface area contributed by atoms with Gasteiger partial charge in [0, 0.05) is 6.42 Å². The van der Waals surface area contributed by atoms with Crippen molar-refractivity contribution < 1.29 is 14.0 Å². The molecule has 0 radical (unpaired) electrons. The largest absolute Gasteiger partial charge is 0.469 e. The Balaban J connectivity index is 0.000000453. The minimum absolute atomic E-state index is 0.0913. The average molecular weight is 362 g/mol. The lowest BCUT2D eigenvalue weighted by molar-refractivity contribution is -0.923. The fraction of sp³-hybridized carbons (Fsp3) is 0.500. The van der Waals surface area contributed by atoms with Gasteiger partial charge in [0.15, 0.2) is 0 Å². The average Bonchev–Trinajstić information content (AvgIpc) is 2.73. The summed E-state index contributed by atoms with van der Waals surface area (Å²) in [6.45, 7) is 11.2. The second-order valence-corrected chi connectivity index (χ2v) is 6.04. The molecule has 2 aromatic carbocycles. The molecule has 2 N–H and O–H groups in total. The fourth-order valence-electron chi connectivity index (χ4n) is 2.94. The highest BCUT2D eigenvalue weighted by molar-refractivity contribution is 5.82. The van der Waals surface area contributed by atoms with Crippen molar-refractivity contribution in [1.29, 1.82) is 0 Å². The highest BCUT2D eigenvalue weighted by Gasteiger charge is 2.20. The number of carbonyl (C=O) groups is 1. The van der Waals surface area contributed by atoms with Crippen LogP contribution in [0, 0.1) is 0 Å². The molecule has 0 saturated carbocycles. The number of benzene rings is 2. The van der Waals surface area contributed by atoms with Gasteiger partial charge < -0.3 is 15.0 Å². The first-order valence-electron chi connectivity index (χ1n) is 9.54. The van der Waals surface area contributed by atoms with E-state index in [0.29, 0.717) is 6.42 Å². The van der Waals surface area contributed by atoms with Crippen molar-refractivity contribution in [2.75, 3.05) is 40.3 Å². The number of esters is 1. The lowest BCUT2D eigenvalue weighted by Gasteiger charge is -2.35. The molecule has 0 aliphatic rings. The van der Waals surface area contributed by atoms with Crippen LogP contribution in [0.15, 0.2) is 48.5 Å². The number of nitrogens with zero attached hydrogens (tertiary/aromatic N) is 1. The Kier molecular flexibility index (Phi) is 13.2. The molecular weight excluding hydrogens is 324 g/mol. The Labute approximate surface area is 159 Å². The second kappa shape index (κ2) is 14.3. The molecule has 0 aliphatic carbocycles. The lowest BCUT2D eigenvalue weighted by Crippen LogP contribution is -2.48. The summed E-state index contributed by atoms with van der Waals surface area (Å²) in [5.74, 6) is -0.0913. The minimum atomic E-state index is -0.0913. The topological polar surface area (TPSA) is 52.3 Å². The molecule has 2 rings (SSSR count). The summed E-state index contributed by atoms with van der Waals surface area (Å²) in [7, 11) is 2.95. The van der Waals surface area contributed by atoms with E-state index >= 15 is 0 Å². The number of nitrogens with two attached hydrogens (primary N) is 1. The molecular formula is C22H37N2O2+. The monoisotopic (exact) mass is 361 g/mol. The first-order chi connectivity index (χ1) is 12.6. The van der Waals surface area contributed by atoms with Crippen LogP contribution in [0.3, 0.4) is 0 Å². The van der Waals surface area contributed by atoms with E-state index in [4.69, 9.17) is 0 Å². The molecule has 0 fully saturated rings. The zero-order chi connectivity index (χ0) is 19.8. The van der Waals surface area contributed by atoms with Crippen molar-refractivity contribution >= 4 is 16.7 Å². The van der Waals surface area contributed by atoms with Gasteiger partial charge in [-0.3, -0.25) is 4.79 Å². The quantitative estimate of drug-likeness (QED) is 0.593. The van der Waals surface area contributed by atoms with Gasteiger partial charge in [-0.05, 0) is 38.6 Å². The number of methoxy groups -OCH3 is 1. The lowest BCUT2D eigenvalue weighted by atomic mass is 10.1. The molecule has 0 unspecified atom stereocenters. The number of fused-ring (bicyclic) bond motifs is 1. The van der Waals surface area contributed by atoms with Crippen LogP contribution < -0.4 is 5.73 Å². The Morgan fingerprint density at radius 2 is 1.27 bits per heavy atom. The van der Waals surface area contributed by atoms with Crippen molar-refractivity contribution in [2.24, 2.45) is 5.73 Å². The van der Waals surface area contributed by atoms with Gasteiger partial charge >= 0.3 is 5.97 Å². The predicted molar refractivity (Wildman–Crippen MR) is 112 cm³/mol. The molecule has 4 heteroatoms. The summed E-state index contributed by atoms with van der Waals surface area (Å²) >= 11 is 0. The SMILES string of the molecule is CC[N+](CC)(CC)CCCC(=O)OC.CN.c1ccc2ccccc2c1. The molecule has 26 heavy (non-hydrogen) atoms. The molecule has 0 amide bonds. The summed E-state index contributed by atoms with van der Waals surface area (Å²) in [5, 5.41) is 2.62. The van der Waals surface area contributed by atoms with E-state index in [1.54, 1.807) is 0 Å². The van der Waals surface area contributed by atoms with Gasteiger partial charge in [-0.1, -0.05) is 48.5 Å². The van der Waals surface area contributed by atoms with Crippen molar-refractivity contribution in [1.82, 2.24) is 0 Å². The molecule has 4 nitrogen and oxygen atoms in total. The van der Waals surface area contributed by atoms with Gasteiger partial charge in [0.25, 0.3) is 0 Å². The van der Waals surface area contributed by atoms with Crippen LogP contribution in [0.2, 0.25) is 0 Å². The van der Waals surface area contributed by atoms with Gasteiger partial charge in [0.1, 0.15) is 0 Å². The summed E-state index contributed by atoms with van der Waals surface area (Å²) in [6.07, 6.45) is 1.48. The smallest absolute Gasteiger partial charge is 0.305 e. The zero-order valence-corrected chi connectivity index (χ0v) is 17.2. The number of hydrogen-bond donors (Lipinski definition) is 1. The van der Waals surface area contributed by atoms with Crippen LogP contribution in [-0.2, 0) is 9.53 Å². The van der Waals surface area contributed by atoms with Crippen LogP contribution in [0.25, 0.3) is 10.8 Å². The number of hydrogen-bond acceptors (Lipinski definition) is 3. The highest BCUT2D eigenvalue weighted by atomic mass is 16.5. The Morgan fingerprint density at radius 3 is 1.58 bits per heavy atom. The Bertz CT molecular complexity index is 536. The zero-order valence-electron chi connectivity index (χ0n) is 17.2. The molecule has 0 aliphatic heterocycles. The number of rotatable bonds is 7. The van der Waals surface area contributed by atoms with E-state index in [1.807, 2.05) is 0 Å². The van der Waals surface area contributed by atoms with Crippen molar-refractivity contribution in [3.63, 3.8) is 0 Å². The van der Waals surface area contributed by atoms with Crippen LogP contribution >= 0.6 is 0 Å². The first kappa shape index (κ1) is 24.1. The summed E-state index contributed by atoms with van der Waals surface area (Å²) < 4.78 is 5.73. The molecule has 0 bridgehead atoms. The molecule has 0 heterocycles. The fourth-order valence-corrected chi connectivity index (χ4v) is 2.94. The normalized spacial score (nSPS) is 10.2. The van der Waals surface area contributed by atoms with E-state index in [1.165, 1.54) is 24.9 Å². The second-order valence-electron chi connectivity index (χ2n) is 6.04. The third kappa shape index (κ3) is 8.45. The number of ether oxygens (including phenoxy) is 1. The molecule has 0 spiro atoms. The summed E-state index contributed by atoms with van der Waals surface area (Å²) in [4.78, 5) is 10.9. The van der Waals surface area contributed by atoms with E-state index in [9.17, 15) is 4.79 Å². The van der Waals surface area contributed by atoms with E-state index in [0.717, 1.165) is 37.1 Å². The van der Waals surface area contributed by atoms with E-state index in [2.05, 4.69) is 79.8 Å². The van der Waals surface area contributed by atoms with Gasteiger partial charge in [0.05, 0.1) is 39.7 Å². The maximum absolute atomic E-state index is 10.9. The van der Waals surface area contributed by atoms with Crippen LogP contribution in [0.5, 0.6) is 0 Å². The van der Waals surface area contributed by atoms with Gasteiger partial charge in [-0.15, -0.1) is 0 Å². The summed E-state index contributed by atoms with van der Waals surface area (Å²) in [5.41, 5.74) is 4.50. The molecule has 0 atom stereocenters. The van der Waals surface area contributed by atoms with Gasteiger partial charge in [-0.25, -0.2) is 0 Å². The van der Waals surface area contributed by atoms with E-state index in [-0.39, 0.29) is 5.97 Å². The number of carbonyl (C=O) groups excluding carboxylic acids is 1. The minimum Gasteiger partial charge on any atom is -0.469 e. The maximum atomic E-state index is 10.9. The standard InChI is InChI=1S/C11H24NO2.C10H8.CH5N/c1-5-12(6-2,7-3)10-8-9-11(13)14-4;1-2-6-10-8-4-3-7-9(10)5-1;1-2/h5-10H2,1-4H3;1-8H;2H2,1H3/q+1;;. The van der Waals surface area contributed by atoms with Crippen molar-refractivity contribution in [3.8, 4) is 0 Å². The third-order valence-corrected chi connectivity index (χ3v) is 4.91. The molecule has 2 aromatic rings. The van der Waals surface area contributed by atoms with Crippen molar-refractivity contribution in [3.05, 3.63) is 48.5 Å². The van der Waals surface area contributed by atoms with Crippen LogP contribution in [-0.4, -0.2) is 50.8 Å². The van der Waals surface area contributed by atoms with Crippen LogP contribution in [0.4, 0.5) is 0 Å². The van der Waals surface area contributed by atoms with Gasteiger partial charge in [0.2, 0.25) is 0 Å². The van der Waals surface area contributed by atoms with Gasteiger partial charge in [-0.2, -0.15) is 0 Å².